The Balaban J connectivity index is 1.79. The molecule has 1 fully saturated rings. The van der Waals surface area contributed by atoms with Gasteiger partial charge in [-0.15, -0.1) is 11.8 Å². The predicted molar refractivity (Wildman–Crippen MR) is 108 cm³/mol. The molecule has 3 rings (SSSR count). The van der Waals surface area contributed by atoms with E-state index >= 15 is 0 Å². The van der Waals surface area contributed by atoms with E-state index in [9.17, 15) is 14.0 Å². The largest absolute Gasteiger partial charge is 0.326 e. The van der Waals surface area contributed by atoms with Crippen LogP contribution in [0.2, 0.25) is 0 Å². The molecular weight excluding hydrogens is 363 g/mol. The average molecular weight is 386 g/mol. The first kappa shape index (κ1) is 19.4. The van der Waals surface area contributed by atoms with Crippen molar-refractivity contribution in [3.63, 3.8) is 0 Å². The normalized spacial score (nSPS) is 16.9. The number of halogens is 1. The second-order valence-electron chi connectivity index (χ2n) is 7.13. The summed E-state index contributed by atoms with van der Waals surface area (Å²) in [5, 5.41) is 2.67. The first-order chi connectivity index (χ1) is 12.8. The first-order valence-electron chi connectivity index (χ1n) is 8.95. The molecule has 1 unspecified atom stereocenters. The van der Waals surface area contributed by atoms with E-state index < -0.39 is 0 Å². The molecule has 27 heavy (non-hydrogen) atoms. The van der Waals surface area contributed by atoms with Crippen molar-refractivity contribution in [3.05, 3.63) is 59.4 Å². The number of nitrogens with zero attached hydrogens (tertiary/aromatic N) is 1. The number of aryl methyl sites for hydroxylation is 1. The highest BCUT2D eigenvalue weighted by Crippen LogP contribution is 2.42. The Kier molecular flexibility index (Phi) is 5.85. The molecule has 0 bridgehead atoms. The molecule has 1 aliphatic rings. The van der Waals surface area contributed by atoms with Crippen molar-refractivity contribution in [2.24, 2.45) is 5.92 Å². The summed E-state index contributed by atoms with van der Waals surface area (Å²) in [5.74, 6) is 0.280. The lowest BCUT2D eigenvalue weighted by molar-refractivity contribution is -0.117. The summed E-state index contributed by atoms with van der Waals surface area (Å²) in [5.41, 5.74) is 2.78. The van der Waals surface area contributed by atoms with Crippen LogP contribution in [0.25, 0.3) is 0 Å². The topological polar surface area (TPSA) is 49.4 Å². The third kappa shape index (κ3) is 4.50. The van der Waals surface area contributed by atoms with Gasteiger partial charge < -0.3 is 5.32 Å². The molecule has 1 atom stereocenters. The maximum absolute atomic E-state index is 14.0. The summed E-state index contributed by atoms with van der Waals surface area (Å²) in [4.78, 5) is 25.9. The molecule has 142 valence electrons. The quantitative estimate of drug-likeness (QED) is 0.795. The van der Waals surface area contributed by atoms with Gasteiger partial charge in [0.2, 0.25) is 11.8 Å². The van der Waals surface area contributed by atoms with Crippen molar-refractivity contribution < 1.29 is 14.0 Å². The van der Waals surface area contributed by atoms with E-state index in [-0.39, 0.29) is 23.0 Å². The van der Waals surface area contributed by atoms with Gasteiger partial charge in [0.15, 0.2) is 0 Å². The molecule has 0 aliphatic carbocycles. The van der Waals surface area contributed by atoms with Gasteiger partial charge in [-0.3, -0.25) is 14.5 Å². The number of anilines is 2. The number of nitrogens with one attached hydrogen (secondary N) is 1. The van der Waals surface area contributed by atoms with Crippen LogP contribution < -0.4 is 10.2 Å². The Labute approximate surface area is 163 Å². The summed E-state index contributed by atoms with van der Waals surface area (Å²) in [7, 11) is 0. The van der Waals surface area contributed by atoms with Gasteiger partial charge in [-0.25, -0.2) is 4.39 Å². The number of carbonyl (C=O) groups is 2. The van der Waals surface area contributed by atoms with Crippen LogP contribution in [0, 0.1) is 18.7 Å². The number of carbonyl (C=O) groups excluding carboxylic acids is 2. The number of benzene rings is 2. The fourth-order valence-electron chi connectivity index (χ4n) is 3.00. The van der Waals surface area contributed by atoms with Crippen molar-refractivity contribution in [2.45, 2.75) is 32.6 Å². The van der Waals surface area contributed by atoms with Crippen molar-refractivity contribution in [1.82, 2.24) is 0 Å². The number of amides is 2. The van der Waals surface area contributed by atoms with Crippen LogP contribution in [0.4, 0.5) is 15.8 Å². The highest BCUT2D eigenvalue weighted by Gasteiger charge is 2.34. The van der Waals surface area contributed by atoms with E-state index in [4.69, 9.17) is 0 Å². The Hall–Kier alpha value is -2.34. The maximum Gasteiger partial charge on any atom is 0.238 e. The smallest absolute Gasteiger partial charge is 0.238 e. The van der Waals surface area contributed by atoms with E-state index in [0.717, 1.165) is 11.3 Å². The van der Waals surface area contributed by atoms with Crippen molar-refractivity contribution >= 4 is 35.0 Å². The Morgan fingerprint density at radius 3 is 2.59 bits per heavy atom. The summed E-state index contributed by atoms with van der Waals surface area (Å²) >= 11 is 1.51. The minimum Gasteiger partial charge on any atom is -0.326 e. The zero-order valence-electron chi connectivity index (χ0n) is 15.7. The molecular formula is C21H23FN2O2S. The minimum atomic E-state index is -0.320. The van der Waals surface area contributed by atoms with Crippen LogP contribution in [-0.4, -0.2) is 17.6 Å². The van der Waals surface area contributed by atoms with E-state index in [1.54, 1.807) is 24.0 Å². The molecule has 1 aliphatic heterocycles. The molecule has 1 saturated heterocycles. The summed E-state index contributed by atoms with van der Waals surface area (Å²) < 4.78 is 14.0. The van der Waals surface area contributed by atoms with Crippen LogP contribution in [0.15, 0.2) is 42.5 Å². The lowest BCUT2D eigenvalue weighted by Gasteiger charge is -2.25. The summed E-state index contributed by atoms with van der Waals surface area (Å²) in [6.07, 6.45) is 0.474. The molecule has 2 aromatic rings. The van der Waals surface area contributed by atoms with Gasteiger partial charge in [-0.05, 0) is 48.2 Å². The second-order valence-corrected chi connectivity index (χ2v) is 8.20. The minimum absolute atomic E-state index is 0.0140. The Morgan fingerprint density at radius 1 is 1.26 bits per heavy atom. The van der Waals surface area contributed by atoms with E-state index in [2.05, 4.69) is 5.32 Å². The highest BCUT2D eigenvalue weighted by molar-refractivity contribution is 8.00. The third-order valence-electron chi connectivity index (χ3n) is 4.37. The molecule has 1 heterocycles. The fraction of sp³-hybridized carbons (Fsp3) is 0.333. The molecule has 6 heteroatoms. The van der Waals surface area contributed by atoms with Crippen molar-refractivity contribution in [2.75, 3.05) is 16.0 Å². The molecule has 4 nitrogen and oxygen atoms in total. The van der Waals surface area contributed by atoms with Crippen LogP contribution in [0.3, 0.4) is 0 Å². The SMILES string of the molecule is Cc1ccc(N2C(=O)CSC2c2ccc(NC(=O)CC(C)C)cc2)cc1F. The van der Waals surface area contributed by atoms with E-state index in [0.29, 0.717) is 29.3 Å². The van der Waals surface area contributed by atoms with Crippen molar-refractivity contribution in [3.8, 4) is 0 Å². The fourth-order valence-corrected chi connectivity index (χ4v) is 4.17. The van der Waals surface area contributed by atoms with Gasteiger partial charge in [0.1, 0.15) is 11.2 Å². The van der Waals surface area contributed by atoms with Gasteiger partial charge in [-0.1, -0.05) is 32.0 Å². The van der Waals surface area contributed by atoms with E-state index in [1.165, 1.54) is 17.8 Å². The van der Waals surface area contributed by atoms with E-state index in [1.807, 2.05) is 38.1 Å². The van der Waals surface area contributed by atoms with Gasteiger partial charge in [-0.2, -0.15) is 0 Å². The summed E-state index contributed by atoms with van der Waals surface area (Å²) in [6.45, 7) is 5.70. The monoisotopic (exact) mass is 386 g/mol. The standard InChI is InChI=1S/C21H23FN2O2S/c1-13(2)10-19(25)23-16-7-5-15(6-8-16)21-24(20(26)12-27-21)17-9-4-14(3)18(22)11-17/h4-9,11,13,21H,10,12H2,1-3H3,(H,23,25). The lowest BCUT2D eigenvalue weighted by Crippen LogP contribution is -2.28. The van der Waals surface area contributed by atoms with Gasteiger partial charge in [0, 0.05) is 17.8 Å². The number of hydrogen-bond acceptors (Lipinski definition) is 3. The molecule has 0 spiro atoms. The average Bonchev–Trinajstić information content (AvgIpc) is 2.99. The van der Waals surface area contributed by atoms with Crippen LogP contribution in [0.5, 0.6) is 0 Å². The van der Waals surface area contributed by atoms with Gasteiger partial charge in [0.05, 0.1) is 5.75 Å². The lowest BCUT2D eigenvalue weighted by atomic mass is 10.1. The zero-order valence-corrected chi connectivity index (χ0v) is 16.5. The molecule has 2 amide bonds. The number of thioether (sulfide) groups is 1. The molecule has 0 aromatic heterocycles. The molecule has 0 saturated carbocycles. The molecule has 2 aromatic carbocycles. The highest BCUT2D eigenvalue weighted by atomic mass is 32.2. The van der Waals surface area contributed by atoms with Crippen LogP contribution in [-0.2, 0) is 9.59 Å². The van der Waals surface area contributed by atoms with Gasteiger partial charge in [0.25, 0.3) is 0 Å². The first-order valence-corrected chi connectivity index (χ1v) is 9.99. The summed E-state index contributed by atoms with van der Waals surface area (Å²) in [6, 6.07) is 12.3. The third-order valence-corrected chi connectivity index (χ3v) is 5.59. The Bertz CT molecular complexity index is 852. The van der Waals surface area contributed by atoms with Crippen LogP contribution >= 0.6 is 11.8 Å². The second kappa shape index (κ2) is 8.13. The van der Waals surface area contributed by atoms with Crippen molar-refractivity contribution in [1.29, 1.82) is 0 Å². The number of rotatable bonds is 5. The maximum atomic E-state index is 14.0. The van der Waals surface area contributed by atoms with Gasteiger partial charge >= 0.3 is 0 Å². The zero-order chi connectivity index (χ0) is 19.6. The Morgan fingerprint density at radius 2 is 1.96 bits per heavy atom. The molecule has 1 N–H and O–H groups in total. The molecule has 0 radical (unpaired) electrons. The number of hydrogen-bond donors (Lipinski definition) is 1. The van der Waals surface area contributed by atoms with Crippen LogP contribution in [0.1, 0.15) is 36.8 Å². The predicted octanol–water partition coefficient (Wildman–Crippen LogP) is 4.90.